The van der Waals surface area contributed by atoms with Gasteiger partial charge in [0.25, 0.3) is 0 Å². The molecule has 1 heterocycles. The van der Waals surface area contributed by atoms with Crippen molar-refractivity contribution < 1.29 is 19.1 Å². The lowest BCUT2D eigenvalue weighted by Crippen LogP contribution is -2.31. The summed E-state index contributed by atoms with van der Waals surface area (Å²) in [5, 5.41) is 3.55. The van der Waals surface area contributed by atoms with Gasteiger partial charge in [0.05, 0.1) is 10.7 Å². The van der Waals surface area contributed by atoms with Gasteiger partial charge < -0.3 is 19.7 Å². The molecule has 3 rings (SSSR count). The van der Waals surface area contributed by atoms with Gasteiger partial charge >= 0.3 is 0 Å². The van der Waals surface area contributed by atoms with Crippen LogP contribution in [0.15, 0.2) is 36.4 Å². The number of carbonyl (C=O) groups is 2. The van der Waals surface area contributed by atoms with E-state index in [4.69, 9.17) is 32.7 Å². The first-order valence-corrected chi connectivity index (χ1v) is 8.62. The molecule has 2 aromatic rings. The second-order valence-electron chi connectivity index (χ2n) is 5.63. The first kappa shape index (κ1) is 18.4. The highest BCUT2D eigenvalue weighted by Crippen LogP contribution is 2.35. The second kappa shape index (κ2) is 7.85. The van der Waals surface area contributed by atoms with Crippen molar-refractivity contribution in [1.82, 2.24) is 0 Å². The molecule has 0 radical (unpaired) electrons. The van der Waals surface area contributed by atoms with Crippen molar-refractivity contribution >= 4 is 46.4 Å². The molecule has 0 bridgehead atoms. The number of anilines is 2. The van der Waals surface area contributed by atoms with Crippen LogP contribution in [0, 0.1) is 0 Å². The smallest absolute Gasteiger partial charge is 0.231 e. The minimum Gasteiger partial charge on any atom is -0.454 e. The molecule has 0 saturated carbocycles. The van der Waals surface area contributed by atoms with Crippen LogP contribution in [0.1, 0.15) is 13.3 Å². The molecule has 0 atom stereocenters. The molecule has 1 aliphatic heterocycles. The minimum absolute atomic E-state index is 0.104. The number of halogens is 2. The Morgan fingerprint density at radius 3 is 2.62 bits per heavy atom. The van der Waals surface area contributed by atoms with Gasteiger partial charge in [-0.15, -0.1) is 0 Å². The van der Waals surface area contributed by atoms with Crippen molar-refractivity contribution in [2.45, 2.75) is 13.3 Å². The molecule has 2 aromatic carbocycles. The third kappa shape index (κ3) is 4.20. The zero-order chi connectivity index (χ0) is 18.7. The van der Waals surface area contributed by atoms with E-state index in [-0.39, 0.29) is 31.6 Å². The number of fused-ring (bicyclic) bond motifs is 1. The fourth-order valence-corrected chi connectivity index (χ4v) is 2.99. The fourth-order valence-electron chi connectivity index (χ4n) is 2.54. The van der Waals surface area contributed by atoms with Gasteiger partial charge in [0, 0.05) is 36.7 Å². The maximum absolute atomic E-state index is 12.2. The van der Waals surface area contributed by atoms with Gasteiger partial charge in [-0.3, -0.25) is 9.59 Å². The van der Waals surface area contributed by atoms with E-state index >= 15 is 0 Å². The largest absolute Gasteiger partial charge is 0.454 e. The highest BCUT2D eigenvalue weighted by molar-refractivity contribution is 6.36. The van der Waals surface area contributed by atoms with Crippen LogP contribution >= 0.6 is 23.2 Å². The van der Waals surface area contributed by atoms with E-state index < -0.39 is 0 Å². The molecule has 2 amide bonds. The Morgan fingerprint density at radius 2 is 1.88 bits per heavy atom. The van der Waals surface area contributed by atoms with E-state index in [0.29, 0.717) is 32.9 Å². The lowest BCUT2D eigenvalue weighted by molar-refractivity contribution is -0.117. The second-order valence-corrected chi connectivity index (χ2v) is 6.47. The molecule has 0 saturated heterocycles. The van der Waals surface area contributed by atoms with Crippen molar-refractivity contribution in [2.75, 3.05) is 23.6 Å². The average molecular weight is 395 g/mol. The Bertz CT molecular complexity index is 857. The van der Waals surface area contributed by atoms with Crippen molar-refractivity contribution in [3.05, 3.63) is 46.4 Å². The maximum atomic E-state index is 12.2. The van der Waals surface area contributed by atoms with Crippen LogP contribution < -0.4 is 19.7 Å². The third-order valence-corrected chi connectivity index (χ3v) is 4.36. The topological polar surface area (TPSA) is 67.9 Å². The molecule has 0 aromatic heterocycles. The highest BCUT2D eigenvalue weighted by Gasteiger charge is 2.19. The SMILES string of the molecule is CC(=O)N(CCC(=O)Nc1ccc(Cl)cc1Cl)c1ccc2c(c1)OCO2. The number of benzene rings is 2. The molecule has 26 heavy (non-hydrogen) atoms. The first-order chi connectivity index (χ1) is 12.4. The summed E-state index contributed by atoms with van der Waals surface area (Å²) in [4.78, 5) is 25.7. The molecule has 136 valence electrons. The van der Waals surface area contributed by atoms with E-state index in [1.54, 1.807) is 36.4 Å². The first-order valence-electron chi connectivity index (χ1n) is 7.86. The maximum Gasteiger partial charge on any atom is 0.231 e. The number of nitrogens with zero attached hydrogens (tertiary/aromatic N) is 1. The van der Waals surface area contributed by atoms with Crippen molar-refractivity contribution in [3.63, 3.8) is 0 Å². The van der Waals surface area contributed by atoms with Gasteiger partial charge in [-0.25, -0.2) is 0 Å². The number of carbonyl (C=O) groups excluding carboxylic acids is 2. The number of amides is 2. The number of hydrogen-bond acceptors (Lipinski definition) is 4. The molecule has 6 nitrogen and oxygen atoms in total. The number of ether oxygens (including phenoxy) is 2. The zero-order valence-corrected chi connectivity index (χ0v) is 15.4. The van der Waals surface area contributed by atoms with Gasteiger partial charge in [-0.05, 0) is 30.3 Å². The quantitative estimate of drug-likeness (QED) is 0.828. The van der Waals surface area contributed by atoms with Crippen molar-refractivity contribution in [3.8, 4) is 11.5 Å². The van der Waals surface area contributed by atoms with Gasteiger partial charge in [-0.1, -0.05) is 23.2 Å². The predicted octanol–water partition coefficient (Wildman–Crippen LogP) is 4.10. The Morgan fingerprint density at radius 1 is 1.12 bits per heavy atom. The third-order valence-electron chi connectivity index (χ3n) is 3.82. The Labute approximate surface area is 160 Å². The molecule has 0 unspecified atom stereocenters. The van der Waals surface area contributed by atoms with Crippen LogP contribution in [0.4, 0.5) is 11.4 Å². The lowest BCUT2D eigenvalue weighted by atomic mass is 10.2. The summed E-state index contributed by atoms with van der Waals surface area (Å²) in [5.74, 6) is 0.765. The van der Waals surface area contributed by atoms with Crippen LogP contribution in [-0.4, -0.2) is 25.2 Å². The summed E-state index contributed by atoms with van der Waals surface area (Å²) in [6.07, 6.45) is 0.104. The summed E-state index contributed by atoms with van der Waals surface area (Å²) in [5.41, 5.74) is 1.11. The van der Waals surface area contributed by atoms with Gasteiger partial charge in [0.2, 0.25) is 18.6 Å². The van der Waals surface area contributed by atoms with Crippen LogP contribution in [0.5, 0.6) is 11.5 Å². The average Bonchev–Trinajstić information content (AvgIpc) is 3.05. The van der Waals surface area contributed by atoms with E-state index in [1.807, 2.05) is 0 Å². The molecule has 0 aliphatic carbocycles. The monoisotopic (exact) mass is 394 g/mol. The Kier molecular flexibility index (Phi) is 5.54. The molecule has 0 fully saturated rings. The Balaban J connectivity index is 1.65. The summed E-state index contributed by atoms with van der Waals surface area (Å²) < 4.78 is 10.6. The highest BCUT2D eigenvalue weighted by atomic mass is 35.5. The number of rotatable bonds is 5. The van der Waals surface area contributed by atoms with E-state index in [0.717, 1.165) is 0 Å². The molecular formula is C18H16Cl2N2O4. The summed E-state index contributed by atoms with van der Waals surface area (Å²) in [6.45, 7) is 1.81. The normalized spacial score (nSPS) is 12.0. The summed E-state index contributed by atoms with van der Waals surface area (Å²) in [6, 6.07) is 10.0. The number of hydrogen-bond donors (Lipinski definition) is 1. The molecule has 1 aliphatic rings. The van der Waals surface area contributed by atoms with E-state index in [2.05, 4.69) is 5.32 Å². The van der Waals surface area contributed by atoms with Crippen LogP contribution in [0.3, 0.4) is 0 Å². The summed E-state index contributed by atoms with van der Waals surface area (Å²) >= 11 is 11.9. The van der Waals surface area contributed by atoms with Crippen LogP contribution in [-0.2, 0) is 9.59 Å². The van der Waals surface area contributed by atoms with E-state index in [1.165, 1.54) is 11.8 Å². The van der Waals surface area contributed by atoms with Crippen LogP contribution in [0.25, 0.3) is 0 Å². The Hall–Kier alpha value is -2.44. The lowest BCUT2D eigenvalue weighted by Gasteiger charge is -2.21. The standard InChI is InChI=1S/C18H16Cl2N2O4/c1-11(23)22(13-3-5-16-17(9-13)26-10-25-16)7-6-18(24)21-15-4-2-12(19)8-14(15)20/h2-5,8-9H,6-7,10H2,1H3,(H,21,24). The number of nitrogens with one attached hydrogen (secondary N) is 1. The fraction of sp³-hybridized carbons (Fsp3) is 0.222. The minimum atomic E-state index is -0.263. The molecular weight excluding hydrogens is 379 g/mol. The van der Waals surface area contributed by atoms with Crippen LogP contribution in [0.2, 0.25) is 10.0 Å². The van der Waals surface area contributed by atoms with Crippen molar-refractivity contribution in [1.29, 1.82) is 0 Å². The van der Waals surface area contributed by atoms with Gasteiger partial charge in [0.15, 0.2) is 11.5 Å². The van der Waals surface area contributed by atoms with Gasteiger partial charge in [0.1, 0.15) is 0 Å². The van der Waals surface area contributed by atoms with Gasteiger partial charge in [-0.2, -0.15) is 0 Å². The predicted molar refractivity (Wildman–Crippen MR) is 100 cm³/mol. The summed E-state index contributed by atoms with van der Waals surface area (Å²) in [7, 11) is 0. The van der Waals surface area contributed by atoms with Crippen molar-refractivity contribution in [2.24, 2.45) is 0 Å². The molecule has 8 heteroatoms. The molecule has 0 spiro atoms. The molecule has 1 N–H and O–H groups in total. The zero-order valence-electron chi connectivity index (χ0n) is 13.9. The van der Waals surface area contributed by atoms with E-state index in [9.17, 15) is 9.59 Å².